The monoisotopic (exact) mass is 710 g/mol. The molecular weight excluding hydrogens is 644 g/mol. The van der Waals surface area contributed by atoms with Gasteiger partial charge in [-0.2, -0.15) is 0 Å². The standard InChI is InChI=1S/2C19H34N.2BrH/c2*1-4-5-6-7-8-9-10-14-17-20(2,3)18-19-15-12-11-13-16-19;;/h2*11-13,15-16H,4-10,14,17-18H2,1-3H3;2*1H/q2*+1;;/p-2. The number of quaternary nitrogens is 2. The number of hydrogen-bond acceptors (Lipinski definition) is 0. The fraction of sp³-hybridized carbons (Fsp3) is 0.684. The van der Waals surface area contributed by atoms with Crippen LogP contribution in [0.25, 0.3) is 0 Å². The molecule has 0 amide bonds. The second-order valence-corrected chi connectivity index (χ2v) is 13.6. The minimum atomic E-state index is 0. The van der Waals surface area contributed by atoms with Gasteiger partial charge in [-0.05, 0) is 25.7 Å². The van der Waals surface area contributed by atoms with Crippen LogP contribution in [0.5, 0.6) is 0 Å². The summed E-state index contributed by atoms with van der Waals surface area (Å²) in [6.45, 7) is 9.46. The lowest BCUT2D eigenvalue weighted by molar-refractivity contribution is -0.903. The molecule has 2 aromatic carbocycles. The lowest BCUT2D eigenvalue weighted by atomic mass is 10.1. The first-order valence-corrected chi connectivity index (χ1v) is 17.0. The van der Waals surface area contributed by atoms with Crippen LogP contribution in [0.4, 0.5) is 0 Å². The third kappa shape index (κ3) is 25.8. The van der Waals surface area contributed by atoms with Gasteiger partial charge in [-0.1, -0.05) is 152 Å². The minimum Gasteiger partial charge on any atom is -1.00 e. The van der Waals surface area contributed by atoms with E-state index in [1.54, 1.807) is 0 Å². The summed E-state index contributed by atoms with van der Waals surface area (Å²) in [7, 11) is 9.42. The van der Waals surface area contributed by atoms with Crippen molar-refractivity contribution in [1.82, 2.24) is 0 Å². The number of rotatable bonds is 22. The van der Waals surface area contributed by atoms with E-state index in [1.165, 1.54) is 127 Å². The van der Waals surface area contributed by atoms with Crippen LogP contribution < -0.4 is 34.0 Å². The Morgan fingerprint density at radius 1 is 0.381 bits per heavy atom. The van der Waals surface area contributed by atoms with Crippen LogP contribution in [0.3, 0.4) is 0 Å². The van der Waals surface area contributed by atoms with Crippen molar-refractivity contribution >= 4 is 0 Å². The zero-order valence-corrected chi connectivity index (χ0v) is 31.7. The highest BCUT2D eigenvalue weighted by molar-refractivity contribution is 5.14. The average Bonchev–Trinajstić information content (AvgIpc) is 2.92. The molecule has 0 spiro atoms. The zero-order chi connectivity index (χ0) is 29.4. The number of hydrogen-bond donors (Lipinski definition) is 0. The van der Waals surface area contributed by atoms with Crippen LogP contribution in [0, 0.1) is 0 Å². The first kappa shape index (κ1) is 43.4. The van der Waals surface area contributed by atoms with Crippen molar-refractivity contribution in [3.63, 3.8) is 0 Å². The molecule has 244 valence electrons. The summed E-state index contributed by atoms with van der Waals surface area (Å²) in [5.41, 5.74) is 2.91. The molecule has 0 aliphatic carbocycles. The Balaban J connectivity index is 0. The van der Waals surface area contributed by atoms with Gasteiger partial charge in [0.15, 0.2) is 0 Å². The highest BCUT2D eigenvalue weighted by Crippen LogP contribution is 2.15. The van der Waals surface area contributed by atoms with E-state index in [2.05, 4.69) is 103 Å². The summed E-state index contributed by atoms with van der Waals surface area (Å²) in [5.74, 6) is 0. The lowest BCUT2D eigenvalue weighted by Crippen LogP contribution is -3.00. The second-order valence-electron chi connectivity index (χ2n) is 13.6. The van der Waals surface area contributed by atoms with Crippen molar-refractivity contribution in [2.45, 2.75) is 130 Å². The molecule has 0 aliphatic heterocycles. The molecule has 0 N–H and O–H groups in total. The van der Waals surface area contributed by atoms with E-state index in [0.717, 1.165) is 22.1 Å². The third-order valence-corrected chi connectivity index (χ3v) is 8.14. The van der Waals surface area contributed by atoms with Gasteiger partial charge < -0.3 is 42.9 Å². The predicted molar refractivity (Wildman–Crippen MR) is 179 cm³/mol. The largest absolute Gasteiger partial charge is 1.00 e. The van der Waals surface area contributed by atoms with Crippen LogP contribution in [0.15, 0.2) is 60.7 Å². The Labute approximate surface area is 284 Å². The highest BCUT2D eigenvalue weighted by atomic mass is 79.9. The van der Waals surface area contributed by atoms with Crippen molar-refractivity contribution in [3.8, 4) is 0 Å². The van der Waals surface area contributed by atoms with Gasteiger partial charge in [0, 0.05) is 11.1 Å². The maximum Gasteiger partial charge on any atom is 0.104 e. The van der Waals surface area contributed by atoms with Crippen molar-refractivity contribution in [1.29, 1.82) is 0 Å². The molecule has 42 heavy (non-hydrogen) atoms. The van der Waals surface area contributed by atoms with Gasteiger partial charge in [-0.25, -0.2) is 0 Å². The summed E-state index contributed by atoms with van der Waals surface area (Å²) in [4.78, 5) is 0. The average molecular weight is 713 g/mol. The highest BCUT2D eigenvalue weighted by Gasteiger charge is 2.15. The second kappa shape index (κ2) is 27.8. The first-order valence-electron chi connectivity index (χ1n) is 17.0. The molecule has 0 saturated heterocycles. The van der Waals surface area contributed by atoms with E-state index in [0.29, 0.717) is 0 Å². The van der Waals surface area contributed by atoms with Crippen LogP contribution >= 0.6 is 0 Å². The summed E-state index contributed by atoms with van der Waals surface area (Å²) >= 11 is 0. The smallest absolute Gasteiger partial charge is 0.104 e. The van der Waals surface area contributed by atoms with Gasteiger partial charge >= 0.3 is 0 Å². The summed E-state index contributed by atoms with van der Waals surface area (Å²) < 4.78 is 2.22. The third-order valence-electron chi connectivity index (χ3n) is 8.14. The molecule has 2 rings (SSSR count). The first-order chi connectivity index (χ1) is 19.3. The van der Waals surface area contributed by atoms with Gasteiger partial charge in [0.2, 0.25) is 0 Å². The Bertz CT molecular complexity index is 739. The molecule has 0 atom stereocenters. The number of unbranched alkanes of at least 4 members (excludes halogenated alkanes) is 14. The molecular formula is C38H68Br2N2. The molecule has 2 aromatic rings. The van der Waals surface area contributed by atoms with Gasteiger partial charge in [0.1, 0.15) is 13.1 Å². The van der Waals surface area contributed by atoms with E-state index in [9.17, 15) is 0 Å². The van der Waals surface area contributed by atoms with E-state index in [-0.39, 0.29) is 34.0 Å². The van der Waals surface area contributed by atoms with Crippen LogP contribution in [0.2, 0.25) is 0 Å². The lowest BCUT2D eigenvalue weighted by Gasteiger charge is -2.30. The molecule has 0 heterocycles. The molecule has 0 bridgehead atoms. The van der Waals surface area contributed by atoms with Gasteiger partial charge in [0.05, 0.1) is 41.3 Å². The van der Waals surface area contributed by atoms with Crippen molar-refractivity contribution < 1.29 is 42.9 Å². The normalized spacial score (nSPS) is 11.2. The fourth-order valence-corrected chi connectivity index (χ4v) is 5.66. The maximum atomic E-state index is 2.36. The summed E-state index contributed by atoms with van der Waals surface area (Å²) in [6.07, 6.45) is 22.6. The maximum absolute atomic E-state index is 2.36. The minimum absolute atomic E-state index is 0. The van der Waals surface area contributed by atoms with Crippen LogP contribution in [-0.2, 0) is 13.1 Å². The predicted octanol–water partition coefficient (Wildman–Crippen LogP) is 4.82. The van der Waals surface area contributed by atoms with Crippen LogP contribution in [0.1, 0.15) is 128 Å². The molecule has 0 aromatic heterocycles. The Morgan fingerprint density at radius 3 is 0.929 bits per heavy atom. The van der Waals surface area contributed by atoms with Crippen molar-refractivity contribution in [3.05, 3.63) is 71.8 Å². The van der Waals surface area contributed by atoms with Gasteiger partial charge in [-0.3, -0.25) is 0 Å². The Hall–Kier alpha value is -0.680. The Morgan fingerprint density at radius 2 is 0.643 bits per heavy atom. The van der Waals surface area contributed by atoms with Crippen molar-refractivity contribution in [2.24, 2.45) is 0 Å². The van der Waals surface area contributed by atoms with Gasteiger partial charge in [-0.15, -0.1) is 0 Å². The van der Waals surface area contributed by atoms with Gasteiger partial charge in [0.25, 0.3) is 0 Å². The number of halogens is 2. The summed E-state index contributed by atoms with van der Waals surface area (Å²) in [6, 6.07) is 21.8. The van der Waals surface area contributed by atoms with Crippen LogP contribution in [-0.4, -0.2) is 50.2 Å². The van der Waals surface area contributed by atoms with E-state index >= 15 is 0 Å². The van der Waals surface area contributed by atoms with E-state index in [1.807, 2.05) is 0 Å². The zero-order valence-electron chi connectivity index (χ0n) is 28.6. The summed E-state index contributed by atoms with van der Waals surface area (Å²) in [5, 5.41) is 0. The molecule has 2 nitrogen and oxygen atoms in total. The number of benzene rings is 2. The SMILES string of the molecule is CCCCCCCCCC[N+](C)(C)Cc1ccccc1.CCCCCCCCCC[N+](C)(C)Cc1ccccc1.[Br-].[Br-]. The topological polar surface area (TPSA) is 0 Å². The van der Waals surface area contributed by atoms with E-state index < -0.39 is 0 Å². The van der Waals surface area contributed by atoms with Crippen molar-refractivity contribution in [2.75, 3.05) is 41.3 Å². The van der Waals surface area contributed by atoms with E-state index in [4.69, 9.17) is 0 Å². The Kier molecular flexibility index (Phi) is 28.8. The molecule has 0 radical (unpaired) electrons. The molecule has 4 heteroatoms. The molecule has 0 unspecified atom stereocenters. The molecule has 0 saturated carbocycles. The fourth-order valence-electron chi connectivity index (χ4n) is 5.66. The number of nitrogens with zero attached hydrogens (tertiary/aromatic N) is 2. The molecule has 0 aliphatic rings. The quantitative estimate of drug-likeness (QED) is 0.122. The molecule has 0 fully saturated rings.